The fraction of sp³-hybridized carbons (Fsp3) is 0.0909. The molecule has 0 amide bonds. The molecular weight excluding hydrogens is 338 g/mol. The Kier molecular flexibility index (Phi) is 4.58. The van der Waals surface area contributed by atoms with Gasteiger partial charge in [-0.1, -0.05) is 42.5 Å². The zero-order valence-electron chi connectivity index (χ0n) is 15.2. The largest absolute Gasteiger partial charge is 0.496 e. The molecule has 3 aromatic carbocycles. The molecule has 0 atom stereocenters. The topological polar surface area (TPSA) is 49.2 Å². The van der Waals surface area contributed by atoms with Gasteiger partial charge in [0.1, 0.15) is 11.5 Å². The van der Waals surface area contributed by atoms with Gasteiger partial charge in [0, 0.05) is 0 Å². The molecule has 0 fully saturated rings. The molecule has 4 rings (SSSR count). The van der Waals surface area contributed by atoms with Gasteiger partial charge in [0.05, 0.1) is 31.0 Å². The van der Waals surface area contributed by atoms with E-state index in [2.05, 4.69) is 0 Å². The molecule has 5 heteroatoms. The Morgan fingerprint density at radius 2 is 1.22 bits per heavy atom. The van der Waals surface area contributed by atoms with Crippen LogP contribution in [0.3, 0.4) is 0 Å². The van der Waals surface area contributed by atoms with E-state index < -0.39 is 0 Å². The summed E-state index contributed by atoms with van der Waals surface area (Å²) in [7, 11) is 3.30. The molecule has 0 saturated heterocycles. The molecule has 27 heavy (non-hydrogen) atoms. The summed E-state index contributed by atoms with van der Waals surface area (Å²) in [6, 6.07) is 25.5. The maximum atomic E-state index is 5.54. The van der Waals surface area contributed by atoms with Crippen molar-refractivity contribution in [2.24, 2.45) is 0 Å². The Morgan fingerprint density at radius 1 is 0.667 bits per heavy atom. The number of benzene rings is 3. The molecule has 134 valence electrons. The molecule has 0 aliphatic rings. The van der Waals surface area contributed by atoms with Crippen LogP contribution in [0.2, 0.25) is 0 Å². The van der Waals surface area contributed by atoms with E-state index in [1.54, 1.807) is 14.2 Å². The summed E-state index contributed by atoms with van der Waals surface area (Å²) in [5, 5.41) is 4.78. The van der Waals surface area contributed by atoms with Crippen LogP contribution >= 0.6 is 0 Å². The van der Waals surface area contributed by atoms with Crippen molar-refractivity contribution in [3.8, 4) is 40.0 Å². The first-order chi connectivity index (χ1) is 13.3. The van der Waals surface area contributed by atoms with Crippen molar-refractivity contribution in [3.05, 3.63) is 78.9 Å². The Bertz CT molecular complexity index is 1060. The second kappa shape index (κ2) is 7.33. The Balaban J connectivity index is 1.96. The zero-order chi connectivity index (χ0) is 18.6. The van der Waals surface area contributed by atoms with Crippen LogP contribution in [0.15, 0.2) is 78.9 Å². The minimum absolute atomic E-state index is 0.595. The van der Waals surface area contributed by atoms with Crippen molar-refractivity contribution in [2.45, 2.75) is 0 Å². The van der Waals surface area contributed by atoms with E-state index >= 15 is 0 Å². The summed E-state index contributed by atoms with van der Waals surface area (Å²) < 4.78 is 12.9. The second-order valence-corrected chi connectivity index (χ2v) is 5.91. The smallest absolute Gasteiger partial charge is 0.185 e. The summed E-state index contributed by atoms with van der Waals surface area (Å²) in [6.45, 7) is 0. The van der Waals surface area contributed by atoms with Crippen molar-refractivity contribution < 1.29 is 9.47 Å². The minimum Gasteiger partial charge on any atom is -0.496 e. The lowest BCUT2D eigenvalue weighted by Crippen LogP contribution is -2.00. The van der Waals surface area contributed by atoms with Crippen LogP contribution in [0.5, 0.6) is 11.5 Å². The number of ether oxygens (including phenoxy) is 2. The second-order valence-electron chi connectivity index (χ2n) is 5.91. The zero-order valence-corrected chi connectivity index (χ0v) is 15.2. The van der Waals surface area contributed by atoms with Crippen LogP contribution < -0.4 is 9.47 Å². The van der Waals surface area contributed by atoms with E-state index in [0.717, 1.165) is 28.3 Å². The van der Waals surface area contributed by atoms with Gasteiger partial charge in [-0.05, 0) is 36.4 Å². The van der Waals surface area contributed by atoms with Crippen molar-refractivity contribution in [3.63, 3.8) is 0 Å². The summed E-state index contributed by atoms with van der Waals surface area (Å²) in [4.78, 5) is 4.84. The molecule has 1 heterocycles. The molecule has 4 aromatic rings. The first-order valence-electron chi connectivity index (χ1n) is 8.61. The van der Waals surface area contributed by atoms with Gasteiger partial charge < -0.3 is 9.47 Å². The highest BCUT2D eigenvalue weighted by molar-refractivity contribution is 5.71. The summed E-state index contributed by atoms with van der Waals surface area (Å²) >= 11 is 0. The van der Waals surface area contributed by atoms with E-state index in [-0.39, 0.29) is 0 Å². The van der Waals surface area contributed by atoms with Gasteiger partial charge in [0.25, 0.3) is 0 Å². The van der Waals surface area contributed by atoms with E-state index in [1.165, 1.54) is 0 Å². The van der Waals surface area contributed by atoms with Crippen molar-refractivity contribution in [1.29, 1.82) is 0 Å². The Hall–Kier alpha value is -3.60. The number of methoxy groups -OCH3 is 2. The van der Waals surface area contributed by atoms with Gasteiger partial charge in [0.15, 0.2) is 11.6 Å². The highest BCUT2D eigenvalue weighted by Gasteiger charge is 2.19. The standard InChI is InChI=1S/C22H19N3O2/c1-26-19-14-8-6-12-17(19)21-23-22(18-13-7-9-15-20(18)27-2)25(24-21)16-10-4-3-5-11-16/h3-15H,1-2H3. The molecule has 0 N–H and O–H groups in total. The van der Waals surface area contributed by atoms with E-state index in [0.29, 0.717) is 11.6 Å². The first kappa shape index (κ1) is 16.8. The van der Waals surface area contributed by atoms with Crippen LogP contribution in [0, 0.1) is 0 Å². The lowest BCUT2D eigenvalue weighted by molar-refractivity contribution is 0.416. The number of para-hydroxylation sites is 3. The molecule has 0 saturated carbocycles. The predicted molar refractivity (Wildman–Crippen MR) is 105 cm³/mol. The summed E-state index contributed by atoms with van der Waals surface area (Å²) in [5.41, 5.74) is 2.63. The SMILES string of the molecule is COc1ccccc1-c1nc(-c2ccccc2OC)n(-c2ccccc2)n1. The number of nitrogens with zero attached hydrogens (tertiary/aromatic N) is 3. The number of hydrogen-bond acceptors (Lipinski definition) is 4. The monoisotopic (exact) mass is 357 g/mol. The molecular formula is C22H19N3O2. The number of aromatic nitrogens is 3. The van der Waals surface area contributed by atoms with Crippen molar-refractivity contribution >= 4 is 0 Å². The van der Waals surface area contributed by atoms with Gasteiger partial charge >= 0.3 is 0 Å². The summed E-state index contributed by atoms with van der Waals surface area (Å²) in [5.74, 6) is 2.78. The summed E-state index contributed by atoms with van der Waals surface area (Å²) in [6.07, 6.45) is 0. The van der Waals surface area contributed by atoms with Gasteiger partial charge in [-0.2, -0.15) is 0 Å². The third-order valence-corrected chi connectivity index (χ3v) is 4.30. The van der Waals surface area contributed by atoms with Crippen LogP contribution in [0.25, 0.3) is 28.5 Å². The number of hydrogen-bond donors (Lipinski definition) is 0. The third-order valence-electron chi connectivity index (χ3n) is 4.30. The highest BCUT2D eigenvalue weighted by Crippen LogP contribution is 2.34. The first-order valence-corrected chi connectivity index (χ1v) is 8.61. The third kappa shape index (κ3) is 3.15. The average Bonchev–Trinajstić information content (AvgIpc) is 3.19. The lowest BCUT2D eigenvalue weighted by Gasteiger charge is -2.09. The average molecular weight is 357 g/mol. The predicted octanol–water partition coefficient (Wildman–Crippen LogP) is 4.62. The van der Waals surface area contributed by atoms with Gasteiger partial charge in [-0.25, -0.2) is 9.67 Å². The maximum Gasteiger partial charge on any atom is 0.185 e. The van der Waals surface area contributed by atoms with Gasteiger partial charge in [-0.15, -0.1) is 5.10 Å². The van der Waals surface area contributed by atoms with E-state index in [9.17, 15) is 0 Å². The van der Waals surface area contributed by atoms with Crippen LogP contribution in [0.4, 0.5) is 0 Å². The normalized spacial score (nSPS) is 10.6. The van der Waals surface area contributed by atoms with Crippen LogP contribution in [0.1, 0.15) is 0 Å². The Morgan fingerprint density at radius 3 is 1.89 bits per heavy atom. The van der Waals surface area contributed by atoms with Crippen molar-refractivity contribution in [1.82, 2.24) is 14.8 Å². The van der Waals surface area contributed by atoms with E-state index in [1.807, 2.05) is 83.5 Å². The number of rotatable bonds is 5. The van der Waals surface area contributed by atoms with Gasteiger partial charge in [-0.3, -0.25) is 0 Å². The Labute approximate surface area is 157 Å². The minimum atomic E-state index is 0.595. The van der Waals surface area contributed by atoms with Gasteiger partial charge in [0.2, 0.25) is 0 Å². The van der Waals surface area contributed by atoms with Crippen LogP contribution in [-0.4, -0.2) is 29.0 Å². The fourth-order valence-electron chi connectivity index (χ4n) is 3.01. The highest BCUT2D eigenvalue weighted by atomic mass is 16.5. The molecule has 0 bridgehead atoms. The van der Waals surface area contributed by atoms with E-state index in [4.69, 9.17) is 19.6 Å². The molecule has 1 aromatic heterocycles. The lowest BCUT2D eigenvalue weighted by atomic mass is 10.1. The molecule has 5 nitrogen and oxygen atoms in total. The molecule has 0 aliphatic carbocycles. The molecule has 0 radical (unpaired) electrons. The van der Waals surface area contributed by atoms with Crippen LogP contribution in [-0.2, 0) is 0 Å². The quantitative estimate of drug-likeness (QED) is 0.523. The maximum absolute atomic E-state index is 5.54. The van der Waals surface area contributed by atoms with Crippen molar-refractivity contribution in [2.75, 3.05) is 14.2 Å². The molecule has 0 aliphatic heterocycles. The molecule has 0 spiro atoms. The molecule has 0 unspecified atom stereocenters. The fourth-order valence-corrected chi connectivity index (χ4v) is 3.01.